The summed E-state index contributed by atoms with van der Waals surface area (Å²) in [7, 11) is 0. The summed E-state index contributed by atoms with van der Waals surface area (Å²) in [5, 5.41) is 10.4. The molecule has 4 saturated carbocycles. The lowest BCUT2D eigenvalue weighted by atomic mass is 9.44. The Balaban J connectivity index is 1.35. The zero-order valence-corrected chi connectivity index (χ0v) is 21.1. The SMILES string of the molecule is CCC(C=CC(C)C1CCC2C3CC4OC45CC(O)CCC5(C)C3CCC12C)C(C)C. The van der Waals surface area contributed by atoms with Gasteiger partial charge >= 0.3 is 0 Å². The highest BCUT2D eigenvalue weighted by Crippen LogP contribution is 2.74. The predicted octanol–water partition coefficient (Wildman–Crippen LogP) is 7.01. The average molecular weight is 429 g/mol. The van der Waals surface area contributed by atoms with Gasteiger partial charge in [0.15, 0.2) is 0 Å². The first kappa shape index (κ1) is 22.5. The van der Waals surface area contributed by atoms with Crippen molar-refractivity contribution in [3.05, 3.63) is 12.2 Å². The summed E-state index contributed by atoms with van der Waals surface area (Å²) >= 11 is 0. The van der Waals surface area contributed by atoms with Crippen molar-refractivity contribution in [1.29, 1.82) is 0 Å². The molecule has 1 heterocycles. The number of fused-ring (bicyclic) bond motifs is 4. The van der Waals surface area contributed by atoms with Gasteiger partial charge in [-0.3, -0.25) is 0 Å². The molecule has 0 aromatic rings. The second-order valence-corrected chi connectivity index (χ2v) is 13.2. The Bertz CT molecular complexity index is 714. The van der Waals surface area contributed by atoms with Crippen molar-refractivity contribution in [2.24, 2.45) is 52.3 Å². The van der Waals surface area contributed by atoms with Crippen LogP contribution in [0, 0.1) is 52.3 Å². The monoisotopic (exact) mass is 428 g/mol. The van der Waals surface area contributed by atoms with Crippen molar-refractivity contribution < 1.29 is 9.84 Å². The molecule has 11 atom stereocenters. The summed E-state index contributed by atoms with van der Waals surface area (Å²) in [6.07, 6.45) is 16.7. The van der Waals surface area contributed by atoms with Crippen molar-refractivity contribution in [1.82, 2.24) is 0 Å². The summed E-state index contributed by atoms with van der Waals surface area (Å²) in [4.78, 5) is 0. The Kier molecular flexibility index (Phi) is 5.50. The van der Waals surface area contributed by atoms with Crippen molar-refractivity contribution >= 4 is 0 Å². The number of allylic oxidation sites excluding steroid dienone is 2. The fourth-order valence-electron chi connectivity index (χ4n) is 9.84. The van der Waals surface area contributed by atoms with E-state index in [-0.39, 0.29) is 11.7 Å². The van der Waals surface area contributed by atoms with Crippen molar-refractivity contribution in [3.8, 4) is 0 Å². The van der Waals surface area contributed by atoms with Crippen LogP contribution in [0.5, 0.6) is 0 Å². The van der Waals surface area contributed by atoms with Gasteiger partial charge in [0.05, 0.1) is 12.2 Å². The molecule has 2 nitrogen and oxygen atoms in total. The Morgan fingerprint density at radius 1 is 1.00 bits per heavy atom. The Hall–Kier alpha value is -0.340. The molecule has 0 aromatic carbocycles. The lowest BCUT2D eigenvalue weighted by Gasteiger charge is -2.59. The molecule has 31 heavy (non-hydrogen) atoms. The number of rotatable bonds is 5. The van der Waals surface area contributed by atoms with Gasteiger partial charge in [-0.05, 0) is 98.2 Å². The molecule has 5 fully saturated rings. The van der Waals surface area contributed by atoms with Gasteiger partial charge in [0, 0.05) is 11.8 Å². The van der Waals surface area contributed by atoms with Gasteiger partial charge in [0.1, 0.15) is 5.60 Å². The zero-order chi connectivity index (χ0) is 22.2. The van der Waals surface area contributed by atoms with Crippen LogP contribution in [-0.4, -0.2) is 22.9 Å². The first-order valence-corrected chi connectivity index (χ1v) is 13.7. The summed E-state index contributed by atoms with van der Waals surface area (Å²) in [5.41, 5.74) is 0.833. The van der Waals surface area contributed by atoms with Crippen LogP contribution in [0.1, 0.15) is 99.3 Å². The van der Waals surface area contributed by atoms with Crippen LogP contribution in [0.25, 0.3) is 0 Å². The van der Waals surface area contributed by atoms with Crippen LogP contribution < -0.4 is 0 Å². The fourth-order valence-corrected chi connectivity index (χ4v) is 9.84. The number of ether oxygens (including phenoxy) is 1. The molecule has 1 N–H and O–H groups in total. The topological polar surface area (TPSA) is 32.8 Å². The molecule has 1 spiro atoms. The van der Waals surface area contributed by atoms with Gasteiger partial charge in [-0.15, -0.1) is 0 Å². The van der Waals surface area contributed by atoms with Gasteiger partial charge in [-0.1, -0.05) is 53.7 Å². The van der Waals surface area contributed by atoms with Gasteiger partial charge in [0.2, 0.25) is 0 Å². The van der Waals surface area contributed by atoms with Gasteiger partial charge < -0.3 is 9.84 Å². The molecule has 0 amide bonds. The Morgan fingerprint density at radius 2 is 1.77 bits per heavy atom. The first-order chi connectivity index (χ1) is 14.7. The molecule has 11 unspecified atom stereocenters. The normalized spacial score (nSPS) is 52.9. The second kappa shape index (κ2) is 7.59. The molecule has 0 bridgehead atoms. The van der Waals surface area contributed by atoms with E-state index in [1.54, 1.807) is 0 Å². The van der Waals surface area contributed by atoms with Crippen LogP contribution in [-0.2, 0) is 4.74 Å². The fraction of sp³-hybridized carbons (Fsp3) is 0.931. The minimum atomic E-state index is -0.134. The van der Waals surface area contributed by atoms with E-state index >= 15 is 0 Å². The van der Waals surface area contributed by atoms with E-state index < -0.39 is 0 Å². The number of hydrogen-bond acceptors (Lipinski definition) is 2. The molecule has 2 heteroatoms. The average Bonchev–Trinajstić information content (AvgIpc) is 3.29. The Labute approximate surface area is 191 Å². The van der Waals surface area contributed by atoms with Crippen LogP contribution in [0.2, 0.25) is 0 Å². The highest BCUT2D eigenvalue weighted by atomic mass is 16.6. The third-order valence-corrected chi connectivity index (χ3v) is 11.8. The summed E-state index contributed by atoms with van der Waals surface area (Å²) in [5.74, 6) is 5.54. The van der Waals surface area contributed by atoms with E-state index in [0.29, 0.717) is 22.9 Å². The summed E-state index contributed by atoms with van der Waals surface area (Å²) < 4.78 is 6.52. The zero-order valence-electron chi connectivity index (χ0n) is 21.1. The van der Waals surface area contributed by atoms with Crippen molar-refractivity contribution in [2.75, 3.05) is 0 Å². The van der Waals surface area contributed by atoms with Crippen LogP contribution in [0.4, 0.5) is 0 Å². The standard InChI is InChI=1S/C29H48O2/c1-7-20(18(2)3)9-8-19(4)23-10-11-24-22-16-26-29(31-26)17-21(30)12-15-28(29,6)25(22)13-14-27(23,24)5/h8-9,18-26,30H,7,10-17H2,1-6H3. The smallest absolute Gasteiger partial charge is 0.103 e. The molecular formula is C29H48O2. The lowest BCUT2D eigenvalue weighted by molar-refractivity contribution is -0.115. The number of aliphatic hydroxyl groups is 1. The molecule has 1 saturated heterocycles. The first-order valence-electron chi connectivity index (χ1n) is 13.7. The minimum absolute atomic E-state index is 0.0274. The molecule has 176 valence electrons. The van der Waals surface area contributed by atoms with E-state index in [0.717, 1.165) is 48.3 Å². The van der Waals surface area contributed by atoms with E-state index in [1.165, 1.54) is 44.9 Å². The summed E-state index contributed by atoms with van der Waals surface area (Å²) in [6.45, 7) is 14.8. The van der Waals surface area contributed by atoms with E-state index in [9.17, 15) is 5.11 Å². The van der Waals surface area contributed by atoms with E-state index in [2.05, 4.69) is 53.7 Å². The third-order valence-electron chi connectivity index (χ3n) is 11.8. The van der Waals surface area contributed by atoms with Crippen molar-refractivity contribution in [3.63, 3.8) is 0 Å². The molecule has 0 aromatic heterocycles. The predicted molar refractivity (Wildman–Crippen MR) is 128 cm³/mol. The van der Waals surface area contributed by atoms with Crippen LogP contribution in [0.3, 0.4) is 0 Å². The maximum atomic E-state index is 10.4. The van der Waals surface area contributed by atoms with Gasteiger partial charge in [-0.25, -0.2) is 0 Å². The third kappa shape index (κ3) is 3.17. The minimum Gasteiger partial charge on any atom is -0.393 e. The molecular weight excluding hydrogens is 380 g/mol. The molecule has 5 rings (SSSR count). The summed E-state index contributed by atoms with van der Waals surface area (Å²) in [6, 6.07) is 0. The quantitative estimate of drug-likeness (QED) is 0.377. The van der Waals surface area contributed by atoms with E-state index in [1.807, 2.05) is 0 Å². The maximum absolute atomic E-state index is 10.4. The van der Waals surface area contributed by atoms with Crippen LogP contribution in [0.15, 0.2) is 12.2 Å². The molecule has 5 aliphatic rings. The second-order valence-electron chi connectivity index (χ2n) is 13.2. The number of aliphatic hydroxyl groups excluding tert-OH is 1. The number of hydrogen-bond donors (Lipinski definition) is 1. The highest BCUT2D eigenvalue weighted by Gasteiger charge is 2.76. The Morgan fingerprint density at radius 3 is 2.48 bits per heavy atom. The van der Waals surface area contributed by atoms with E-state index in [4.69, 9.17) is 4.74 Å². The maximum Gasteiger partial charge on any atom is 0.103 e. The van der Waals surface area contributed by atoms with Gasteiger partial charge in [0.25, 0.3) is 0 Å². The lowest BCUT2D eigenvalue weighted by Crippen LogP contribution is -2.58. The number of epoxide rings is 1. The van der Waals surface area contributed by atoms with Crippen molar-refractivity contribution in [2.45, 2.75) is 117 Å². The van der Waals surface area contributed by atoms with Gasteiger partial charge in [-0.2, -0.15) is 0 Å². The molecule has 4 aliphatic carbocycles. The highest BCUT2D eigenvalue weighted by molar-refractivity contribution is 5.24. The largest absolute Gasteiger partial charge is 0.393 e. The molecule has 0 radical (unpaired) electrons. The van der Waals surface area contributed by atoms with Crippen LogP contribution >= 0.6 is 0 Å². The molecule has 1 aliphatic heterocycles.